The van der Waals surface area contributed by atoms with E-state index in [0.29, 0.717) is 11.6 Å². The molecule has 0 amide bonds. The van der Waals surface area contributed by atoms with Crippen LogP contribution < -0.4 is 5.32 Å². The summed E-state index contributed by atoms with van der Waals surface area (Å²) in [6.45, 7) is 8.31. The van der Waals surface area contributed by atoms with E-state index in [-0.39, 0.29) is 0 Å². The fourth-order valence-corrected chi connectivity index (χ4v) is 3.93. The van der Waals surface area contributed by atoms with Crippen LogP contribution in [0.3, 0.4) is 0 Å². The first-order valence-corrected chi connectivity index (χ1v) is 8.62. The van der Waals surface area contributed by atoms with Crippen molar-refractivity contribution in [1.29, 1.82) is 0 Å². The van der Waals surface area contributed by atoms with Gasteiger partial charge in [-0.2, -0.15) is 0 Å². The van der Waals surface area contributed by atoms with E-state index in [2.05, 4.69) is 64.3 Å². The molecular weight excluding hydrogens is 312 g/mol. The third kappa shape index (κ3) is 3.10. The number of nitrogens with one attached hydrogen (secondary N) is 1. The molecule has 3 heteroatoms. The Labute approximate surface area is 131 Å². The molecule has 0 spiro atoms. The fraction of sp³-hybridized carbons (Fsp3) is 0.647. The zero-order valence-corrected chi connectivity index (χ0v) is 14.1. The SMILES string of the molecule is CC(c1cccc(Br)c1)N1CCCNC(C)(C2CC2)C1. The van der Waals surface area contributed by atoms with Crippen LogP contribution in [-0.2, 0) is 0 Å². The molecule has 2 nitrogen and oxygen atoms in total. The van der Waals surface area contributed by atoms with Crippen LogP contribution >= 0.6 is 15.9 Å². The van der Waals surface area contributed by atoms with Crippen molar-refractivity contribution < 1.29 is 0 Å². The normalized spacial score (nSPS) is 29.9. The van der Waals surface area contributed by atoms with Crippen LogP contribution in [0.5, 0.6) is 0 Å². The van der Waals surface area contributed by atoms with E-state index in [4.69, 9.17) is 0 Å². The predicted octanol–water partition coefficient (Wildman–Crippen LogP) is 3.97. The molecule has 1 saturated heterocycles. The first-order chi connectivity index (χ1) is 9.58. The van der Waals surface area contributed by atoms with Gasteiger partial charge in [-0.05, 0) is 63.3 Å². The molecule has 2 fully saturated rings. The van der Waals surface area contributed by atoms with Crippen molar-refractivity contribution in [3.05, 3.63) is 34.3 Å². The molecule has 1 aromatic rings. The molecule has 1 N–H and O–H groups in total. The highest BCUT2D eigenvalue weighted by Gasteiger charge is 2.43. The van der Waals surface area contributed by atoms with Gasteiger partial charge in [-0.3, -0.25) is 4.90 Å². The van der Waals surface area contributed by atoms with Gasteiger partial charge < -0.3 is 5.32 Å². The van der Waals surface area contributed by atoms with E-state index in [9.17, 15) is 0 Å². The Balaban J connectivity index is 1.77. The molecule has 3 rings (SSSR count). The van der Waals surface area contributed by atoms with Crippen molar-refractivity contribution in [1.82, 2.24) is 10.2 Å². The Morgan fingerprint density at radius 3 is 2.90 bits per heavy atom. The standard InChI is InChI=1S/C17H25BrN2/c1-13(14-5-3-6-16(18)11-14)20-10-4-9-19-17(2,12-20)15-7-8-15/h3,5-6,11,13,15,19H,4,7-10,12H2,1-2H3. The van der Waals surface area contributed by atoms with Gasteiger partial charge in [-0.1, -0.05) is 28.1 Å². The van der Waals surface area contributed by atoms with Gasteiger partial charge in [0.1, 0.15) is 0 Å². The molecule has 20 heavy (non-hydrogen) atoms. The van der Waals surface area contributed by atoms with Crippen molar-refractivity contribution in [2.45, 2.75) is 44.7 Å². The third-order valence-corrected chi connectivity index (χ3v) is 5.53. The van der Waals surface area contributed by atoms with Gasteiger partial charge in [0.25, 0.3) is 0 Å². The van der Waals surface area contributed by atoms with Gasteiger partial charge in [0.2, 0.25) is 0 Å². The molecule has 2 atom stereocenters. The van der Waals surface area contributed by atoms with Crippen LogP contribution in [0, 0.1) is 5.92 Å². The smallest absolute Gasteiger partial charge is 0.0321 e. The largest absolute Gasteiger partial charge is 0.310 e. The van der Waals surface area contributed by atoms with Gasteiger partial charge in [0.15, 0.2) is 0 Å². The van der Waals surface area contributed by atoms with Crippen molar-refractivity contribution in [2.75, 3.05) is 19.6 Å². The average Bonchev–Trinajstić information content (AvgIpc) is 3.25. The highest BCUT2D eigenvalue weighted by Crippen LogP contribution is 2.41. The summed E-state index contributed by atoms with van der Waals surface area (Å²) in [5.41, 5.74) is 1.73. The molecule has 0 aromatic heterocycles. The van der Waals surface area contributed by atoms with E-state index in [1.165, 1.54) is 42.4 Å². The van der Waals surface area contributed by atoms with E-state index in [1.54, 1.807) is 0 Å². The zero-order chi connectivity index (χ0) is 14.2. The Kier molecular flexibility index (Phi) is 4.21. The summed E-state index contributed by atoms with van der Waals surface area (Å²) in [6, 6.07) is 9.26. The lowest BCUT2D eigenvalue weighted by Gasteiger charge is -2.37. The van der Waals surface area contributed by atoms with Crippen molar-refractivity contribution >= 4 is 15.9 Å². The Bertz CT molecular complexity index is 472. The van der Waals surface area contributed by atoms with Crippen molar-refractivity contribution in [3.8, 4) is 0 Å². The maximum absolute atomic E-state index is 3.82. The maximum atomic E-state index is 3.82. The Morgan fingerprint density at radius 2 is 2.20 bits per heavy atom. The summed E-state index contributed by atoms with van der Waals surface area (Å²) in [6.07, 6.45) is 4.06. The highest BCUT2D eigenvalue weighted by atomic mass is 79.9. The summed E-state index contributed by atoms with van der Waals surface area (Å²) in [5.74, 6) is 0.887. The summed E-state index contributed by atoms with van der Waals surface area (Å²) >= 11 is 3.59. The van der Waals surface area contributed by atoms with Crippen LogP contribution in [0.1, 0.15) is 44.7 Å². The average molecular weight is 337 g/mol. The van der Waals surface area contributed by atoms with Crippen LogP contribution in [0.15, 0.2) is 28.7 Å². The molecular formula is C17H25BrN2. The first-order valence-electron chi connectivity index (χ1n) is 7.83. The zero-order valence-electron chi connectivity index (χ0n) is 12.5. The second-order valence-corrected chi connectivity index (χ2v) is 7.59. The van der Waals surface area contributed by atoms with Gasteiger partial charge in [-0.25, -0.2) is 0 Å². The minimum Gasteiger partial charge on any atom is -0.310 e. The summed E-state index contributed by atoms with van der Waals surface area (Å²) in [5, 5.41) is 3.82. The van der Waals surface area contributed by atoms with Crippen LogP contribution in [0.4, 0.5) is 0 Å². The van der Waals surface area contributed by atoms with Crippen LogP contribution in [-0.4, -0.2) is 30.1 Å². The molecule has 1 heterocycles. The Hall–Kier alpha value is -0.380. The summed E-state index contributed by atoms with van der Waals surface area (Å²) in [4.78, 5) is 2.67. The van der Waals surface area contributed by atoms with Gasteiger partial charge in [0, 0.05) is 29.1 Å². The number of hydrogen-bond acceptors (Lipinski definition) is 2. The molecule has 2 unspecified atom stereocenters. The van der Waals surface area contributed by atoms with E-state index in [0.717, 1.165) is 12.5 Å². The number of rotatable bonds is 3. The molecule has 1 aliphatic carbocycles. The number of hydrogen-bond donors (Lipinski definition) is 1. The quantitative estimate of drug-likeness (QED) is 0.898. The third-order valence-electron chi connectivity index (χ3n) is 5.04. The van der Waals surface area contributed by atoms with Crippen LogP contribution in [0.25, 0.3) is 0 Å². The van der Waals surface area contributed by atoms with Crippen molar-refractivity contribution in [3.63, 3.8) is 0 Å². The summed E-state index contributed by atoms with van der Waals surface area (Å²) in [7, 11) is 0. The molecule has 1 aliphatic heterocycles. The Morgan fingerprint density at radius 1 is 1.40 bits per heavy atom. The van der Waals surface area contributed by atoms with Gasteiger partial charge in [0.05, 0.1) is 0 Å². The monoisotopic (exact) mass is 336 g/mol. The number of benzene rings is 1. The molecule has 1 aromatic carbocycles. The van der Waals surface area contributed by atoms with Crippen LogP contribution in [0.2, 0.25) is 0 Å². The lowest BCUT2D eigenvalue weighted by Crippen LogP contribution is -2.51. The molecule has 1 saturated carbocycles. The maximum Gasteiger partial charge on any atom is 0.0321 e. The number of halogens is 1. The van der Waals surface area contributed by atoms with E-state index >= 15 is 0 Å². The second kappa shape index (κ2) is 5.78. The lowest BCUT2D eigenvalue weighted by atomic mass is 9.94. The molecule has 2 aliphatic rings. The molecule has 0 bridgehead atoms. The van der Waals surface area contributed by atoms with E-state index < -0.39 is 0 Å². The van der Waals surface area contributed by atoms with Crippen molar-refractivity contribution in [2.24, 2.45) is 5.92 Å². The minimum absolute atomic E-state index is 0.316. The van der Waals surface area contributed by atoms with E-state index in [1.807, 2.05) is 0 Å². The highest BCUT2D eigenvalue weighted by molar-refractivity contribution is 9.10. The first kappa shape index (κ1) is 14.6. The summed E-state index contributed by atoms with van der Waals surface area (Å²) < 4.78 is 1.18. The van der Waals surface area contributed by atoms with Gasteiger partial charge in [-0.15, -0.1) is 0 Å². The number of nitrogens with zero attached hydrogens (tertiary/aromatic N) is 1. The second-order valence-electron chi connectivity index (χ2n) is 6.67. The fourth-order valence-electron chi connectivity index (χ4n) is 3.51. The predicted molar refractivity (Wildman–Crippen MR) is 87.9 cm³/mol. The molecule has 110 valence electrons. The van der Waals surface area contributed by atoms with Gasteiger partial charge >= 0.3 is 0 Å². The lowest BCUT2D eigenvalue weighted by molar-refractivity contribution is 0.159. The molecule has 0 radical (unpaired) electrons. The minimum atomic E-state index is 0.316. The topological polar surface area (TPSA) is 15.3 Å².